The molecule has 23 heavy (non-hydrogen) atoms. The Morgan fingerprint density at radius 3 is 2.65 bits per heavy atom. The molecule has 1 atom stereocenters. The van der Waals surface area contributed by atoms with Gasteiger partial charge in [-0.15, -0.1) is 0 Å². The third-order valence-corrected chi connectivity index (χ3v) is 3.88. The summed E-state index contributed by atoms with van der Waals surface area (Å²) in [5.74, 6) is 1.58. The van der Waals surface area contributed by atoms with E-state index in [-0.39, 0.29) is 17.6 Å². The number of nitrogen functional groups attached to an aromatic ring is 1. The number of anilines is 3. The van der Waals surface area contributed by atoms with Crippen LogP contribution in [0.15, 0.2) is 24.3 Å². The fourth-order valence-corrected chi connectivity index (χ4v) is 2.68. The summed E-state index contributed by atoms with van der Waals surface area (Å²) in [6.45, 7) is 0. The normalized spacial score (nSPS) is 17.8. The third-order valence-electron chi connectivity index (χ3n) is 3.88. The van der Waals surface area contributed by atoms with Crippen LogP contribution in [0.25, 0.3) is 0 Å². The molecule has 0 unspecified atom stereocenters. The lowest BCUT2D eigenvalue weighted by molar-refractivity contribution is -0.122. The van der Waals surface area contributed by atoms with Crippen LogP contribution in [-0.2, 0) is 4.79 Å². The molecule has 1 fully saturated rings. The molecular weight excluding hydrogens is 294 g/mol. The Morgan fingerprint density at radius 2 is 1.96 bits per heavy atom. The number of rotatable bonds is 4. The van der Waals surface area contributed by atoms with Crippen LogP contribution in [0.1, 0.15) is 37.4 Å². The predicted molar refractivity (Wildman–Crippen MR) is 86.7 cm³/mol. The van der Waals surface area contributed by atoms with Crippen LogP contribution in [-0.4, -0.2) is 27.8 Å². The van der Waals surface area contributed by atoms with Crippen LogP contribution in [0.4, 0.5) is 17.6 Å². The first-order chi connectivity index (χ1) is 11.2. The fraction of sp³-hybridized carbons (Fsp3) is 0.375. The number of nitrogens with one attached hydrogen (secondary N) is 1. The SMILES string of the molecule is COc1ccc(Nc2nc(N)nc([C@H]3CCCCC3=O)n2)cc1. The number of ketones is 1. The molecule has 0 aliphatic heterocycles. The van der Waals surface area contributed by atoms with Gasteiger partial charge < -0.3 is 15.8 Å². The highest BCUT2D eigenvalue weighted by atomic mass is 16.5. The second-order valence-electron chi connectivity index (χ2n) is 5.49. The smallest absolute Gasteiger partial charge is 0.232 e. The Labute approximate surface area is 134 Å². The summed E-state index contributed by atoms with van der Waals surface area (Å²) in [5, 5.41) is 3.08. The first-order valence-corrected chi connectivity index (χ1v) is 7.61. The maximum absolute atomic E-state index is 12.1. The summed E-state index contributed by atoms with van der Waals surface area (Å²) in [7, 11) is 1.61. The Bertz CT molecular complexity index is 702. The fourth-order valence-electron chi connectivity index (χ4n) is 2.68. The molecule has 1 saturated carbocycles. The van der Waals surface area contributed by atoms with Gasteiger partial charge in [0.2, 0.25) is 11.9 Å². The van der Waals surface area contributed by atoms with Crippen molar-refractivity contribution in [1.29, 1.82) is 0 Å². The molecule has 0 spiro atoms. The van der Waals surface area contributed by atoms with Gasteiger partial charge in [0.25, 0.3) is 0 Å². The van der Waals surface area contributed by atoms with E-state index in [4.69, 9.17) is 10.5 Å². The molecule has 120 valence electrons. The van der Waals surface area contributed by atoms with Crippen molar-refractivity contribution < 1.29 is 9.53 Å². The maximum atomic E-state index is 12.1. The Morgan fingerprint density at radius 1 is 1.17 bits per heavy atom. The maximum Gasteiger partial charge on any atom is 0.232 e. The lowest BCUT2D eigenvalue weighted by Gasteiger charge is -2.19. The average molecular weight is 313 g/mol. The summed E-state index contributed by atoms with van der Waals surface area (Å²) in [6, 6.07) is 7.37. The van der Waals surface area contributed by atoms with Crippen LogP contribution < -0.4 is 15.8 Å². The highest BCUT2D eigenvalue weighted by molar-refractivity contribution is 5.85. The van der Waals surface area contributed by atoms with E-state index in [1.807, 2.05) is 24.3 Å². The number of carbonyl (C=O) groups excluding carboxylic acids is 1. The number of hydrogen-bond donors (Lipinski definition) is 2. The zero-order chi connectivity index (χ0) is 16.2. The van der Waals surface area contributed by atoms with Crippen LogP contribution >= 0.6 is 0 Å². The highest BCUT2D eigenvalue weighted by Crippen LogP contribution is 2.28. The molecule has 3 N–H and O–H groups in total. The first-order valence-electron chi connectivity index (χ1n) is 7.61. The Hall–Kier alpha value is -2.70. The number of nitrogens with two attached hydrogens (primary N) is 1. The standard InChI is InChI=1S/C16H19N5O2/c1-23-11-8-6-10(7-9-11)18-16-20-14(19-15(17)21-16)12-4-2-3-5-13(12)22/h6-9,12H,2-5H2,1H3,(H3,17,18,19,20,21)/t12-/m0/s1. The molecule has 2 aromatic rings. The molecule has 0 saturated heterocycles. The van der Waals surface area contributed by atoms with E-state index in [2.05, 4.69) is 20.3 Å². The second kappa shape index (κ2) is 6.60. The molecule has 1 heterocycles. The molecule has 0 amide bonds. The first kappa shape index (κ1) is 15.2. The lowest BCUT2D eigenvalue weighted by atomic mass is 9.87. The molecule has 7 heteroatoms. The second-order valence-corrected chi connectivity index (χ2v) is 5.49. The minimum absolute atomic E-state index is 0.115. The zero-order valence-electron chi connectivity index (χ0n) is 13.0. The van der Waals surface area contributed by atoms with Crippen molar-refractivity contribution in [3.05, 3.63) is 30.1 Å². The summed E-state index contributed by atoms with van der Waals surface area (Å²) < 4.78 is 5.12. The molecule has 1 aromatic heterocycles. The highest BCUT2D eigenvalue weighted by Gasteiger charge is 2.27. The quantitative estimate of drug-likeness (QED) is 0.893. The van der Waals surface area contributed by atoms with Gasteiger partial charge in [-0.3, -0.25) is 4.79 Å². The van der Waals surface area contributed by atoms with Gasteiger partial charge in [0.1, 0.15) is 17.4 Å². The summed E-state index contributed by atoms with van der Waals surface area (Å²) in [6.07, 6.45) is 3.29. The number of Topliss-reactive ketones (excluding diaryl/α,β-unsaturated/α-hetero) is 1. The van der Waals surface area contributed by atoms with Gasteiger partial charge >= 0.3 is 0 Å². The van der Waals surface area contributed by atoms with Crippen LogP contribution in [0, 0.1) is 0 Å². The van der Waals surface area contributed by atoms with Gasteiger partial charge in [0, 0.05) is 12.1 Å². The Balaban J connectivity index is 1.83. The monoisotopic (exact) mass is 313 g/mol. The van der Waals surface area contributed by atoms with E-state index in [0.29, 0.717) is 18.2 Å². The topological polar surface area (TPSA) is 103 Å². The van der Waals surface area contributed by atoms with Crippen LogP contribution in [0.5, 0.6) is 5.75 Å². The van der Waals surface area contributed by atoms with Crippen molar-refractivity contribution in [2.75, 3.05) is 18.2 Å². The van der Waals surface area contributed by atoms with E-state index < -0.39 is 0 Å². The van der Waals surface area contributed by atoms with E-state index in [9.17, 15) is 4.79 Å². The van der Waals surface area contributed by atoms with E-state index >= 15 is 0 Å². The van der Waals surface area contributed by atoms with Crippen molar-refractivity contribution in [3.63, 3.8) is 0 Å². The summed E-state index contributed by atoms with van der Waals surface area (Å²) >= 11 is 0. The van der Waals surface area contributed by atoms with Gasteiger partial charge in [0.05, 0.1) is 13.0 Å². The van der Waals surface area contributed by atoms with Gasteiger partial charge in [0.15, 0.2) is 0 Å². The number of nitrogens with zero attached hydrogens (tertiary/aromatic N) is 3. The number of benzene rings is 1. The molecule has 1 aromatic carbocycles. The number of aromatic nitrogens is 3. The minimum atomic E-state index is -0.273. The molecule has 3 rings (SSSR count). The average Bonchev–Trinajstić information content (AvgIpc) is 2.55. The largest absolute Gasteiger partial charge is 0.497 e. The van der Waals surface area contributed by atoms with Crippen molar-refractivity contribution in [3.8, 4) is 5.75 Å². The van der Waals surface area contributed by atoms with Crippen LogP contribution in [0.3, 0.4) is 0 Å². The summed E-state index contributed by atoms with van der Waals surface area (Å²) in [4.78, 5) is 24.7. The lowest BCUT2D eigenvalue weighted by Crippen LogP contribution is -2.21. The zero-order valence-corrected chi connectivity index (χ0v) is 13.0. The molecular formula is C16H19N5O2. The molecule has 0 radical (unpaired) electrons. The molecule has 0 bridgehead atoms. The van der Waals surface area contributed by atoms with Crippen LogP contribution in [0.2, 0.25) is 0 Å². The van der Waals surface area contributed by atoms with E-state index in [1.165, 1.54) is 0 Å². The van der Waals surface area contributed by atoms with Crippen molar-refractivity contribution in [1.82, 2.24) is 15.0 Å². The number of carbonyl (C=O) groups is 1. The van der Waals surface area contributed by atoms with Crippen molar-refractivity contribution >= 4 is 23.4 Å². The number of hydrogen-bond acceptors (Lipinski definition) is 7. The Kier molecular flexibility index (Phi) is 4.36. The molecule has 1 aliphatic carbocycles. The van der Waals surface area contributed by atoms with Gasteiger partial charge in [-0.2, -0.15) is 15.0 Å². The van der Waals surface area contributed by atoms with Gasteiger partial charge in [-0.1, -0.05) is 6.42 Å². The van der Waals surface area contributed by atoms with E-state index in [1.54, 1.807) is 7.11 Å². The third kappa shape index (κ3) is 3.56. The van der Waals surface area contributed by atoms with Gasteiger partial charge in [-0.25, -0.2) is 0 Å². The summed E-state index contributed by atoms with van der Waals surface area (Å²) in [5.41, 5.74) is 6.58. The number of ether oxygens (including phenoxy) is 1. The van der Waals surface area contributed by atoms with Crippen molar-refractivity contribution in [2.24, 2.45) is 0 Å². The van der Waals surface area contributed by atoms with E-state index in [0.717, 1.165) is 30.7 Å². The van der Waals surface area contributed by atoms with Crippen molar-refractivity contribution in [2.45, 2.75) is 31.6 Å². The van der Waals surface area contributed by atoms with Gasteiger partial charge in [-0.05, 0) is 37.1 Å². The number of methoxy groups -OCH3 is 1. The predicted octanol–water partition coefficient (Wildman–Crippen LogP) is 2.43. The minimum Gasteiger partial charge on any atom is -0.497 e. The molecule has 1 aliphatic rings. The molecule has 7 nitrogen and oxygen atoms in total.